The first-order chi connectivity index (χ1) is 10.1. The third kappa shape index (κ3) is 19.7. The van der Waals surface area contributed by atoms with Crippen molar-refractivity contribution in [2.24, 2.45) is 0 Å². The predicted octanol–water partition coefficient (Wildman–Crippen LogP) is 5.27. The summed E-state index contributed by atoms with van der Waals surface area (Å²) in [5.74, 6) is 0. The van der Waals surface area contributed by atoms with Gasteiger partial charge in [0.15, 0.2) is 0 Å². The van der Waals surface area contributed by atoms with Crippen LogP contribution in [0.4, 0.5) is 0 Å². The highest BCUT2D eigenvalue weighted by atomic mass is 31.2. The molecule has 0 aliphatic carbocycles. The SMILES string of the molecule is CCCCCCCCCCCCCCC=CNP(=O)(O)O. The van der Waals surface area contributed by atoms with Crippen LogP contribution in [-0.4, -0.2) is 9.79 Å². The third-order valence-electron chi connectivity index (χ3n) is 3.58. The van der Waals surface area contributed by atoms with Crippen LogP contribution >= 0.6 is 7.75 Å². The molecule has 5 heteroatoms. The van der Waals surface area contributed by atoms with Gasteiger partial charge in [0, 0.05) is 6.20 Å². The molecule has 126 valence electrons. The highest BCUT2D eigenvalue weighted by molar-refractivity contribution is 7.49. The van der Waals surface area contributed by atoms with Gasteiger partial charge in [-0.2, -0.15) is 0 Å². The molecule has 0 radical (unpaired) electrons. The molecule has 0 fully saturated rings. The molecule has 0 aromatic heterocycles. The number of hydrogen-bond acceptors (Lipinski definition) is 1. The molecule has 0 atom stereocenters. The second-order valence-electron chi connectivity index (χ2n) is 5.75. The molecule has 0 aliphatic rings. The summed E-state index contributed by atoms with van der Waals surface area (Å²) in [6.45, 7) is 2.25. The lowest BCUT2D eigenvalue weighted by atomic mass is 10.0. The van der Waals surface area contributed by atoms with Crippen LogP contribution in [0.15, 0.2) is 12.3 Å². The van der Waals surface area contributed by atoms with Gasteiger partial charge in [0.1, 0.15) is 0 Å². The van der Waals surface area contributed by atoms with E-state index >= 15 is 0 Å². The smallest absolute Gasteiger partial charge is 0.308 e. The van der Waals surface area contributed by atoms with Gasteiger partial charge in [0.25, 0.3) is 0 Å². The second-order valence-corrected chi connectivity index (χ2v) is 7.10. The van der Waals surface area contributed by atoms with Crippen LogP contribution in [0, 0.1) is 0 Å². The molecule has 0 saturated heterocycles. The van der Waals surface area contributed by atoms with Crippen LogP contribution in [-0.2, 0) is 4.57 Å². The zero-order valence-electron chi connectivity index (χ0n) is 13.6. The number of hydrogen-bond donors (Lipinski definition) is 3. The number of unbranched alkanes of at least 4 members (excludes halogenated alkanes) is 12. The van der Waals surface area contributed by atoms with Crippen LogP contribution in [0.5, 0.6) is 0 Å². The first-order valence-electron chi connectivity index (χ1n) is 8.54. The quantitative estimate of drug-likeness (QED) is 0.284. The number of nitrogens with one attached hydrogen (secondary N) is 1. The van der Waals surface area contributed by atoms with Crippen molar-refractivity contribution in [1.82, 2.24) is 5.09 Å². The molecule has 0 saturated carbocycles. The van der Waals surface area contributed by atoms with Crippen LogP contribution in [0.25, 0.3) is 0 Å². The summed E-state index contributed by atoms with van der Waals surface area (Å²) in [5.41, 5.74) is 0. The first kappa shape index (κ1) is 20.7. The van der Waals surface area contributed by atoms with Gasteiger partial charge >= 0.3 is 7.75 Å². The fourth-order valence-corrected chi connectivity index (χ4v) is 2.64. The molecule has 0 amide bonds. The third-order valence-corrected chi connectivity index (χ3v) is 4.07. The monoisotopic (exact) mass is 319 g/mol. The molecule has 3 N–H and O–H groups in total. The van der Waals surface area contributed by atoms with Crippen LogP contribution < -0.4 is 5.09 Å². The van der Waals surface area contributed by atoms with Gasteiger partial charge in [-0.05, 0) is 12.8 Å². The average molecular weight is 319 g/mol. The molecule has 0 aromatic carbocycles. The van der Waals surface area contributed by atoms with Crippen LogP contribution in [0.3, 0.4) is 0 Å². The fraction of sp³-hybridized carbons (Fsp3) is 0.875. The van der Waals surface area contributed by atoms with Crippen molar-refractivity contribution in [3.8, 4) is 0 Å². The minimum absolute atomic E-state index is 0.879. The maximum Gasteiger partial charge on any atom is 0.427 e. The summed E-state index contributed by atoms with van der Waals surface area (Å²) in [6, 6.07) is 0. The van der Waals surface area contributed by atoms with E-state index in [-0.39, 0.29) is 0 Å². The standard InChI is InChI=1S/C16H34NO3P/c1-2-3-4-5-6-7-8-9-10-11-12-13-14-15-16-17-21(18,19)20/h15-16H,2-14H2,1H3,(H3,17,18,19,20). The van der Waals surface area contributed by atoms with Crippen LogP contribution in [0.1, 0.15) is 90.4 Å². The molecule has 21 heavy (non-hydrogen) atoms. The Morgan fingerprint density at radius 2 is 1.24 bits per heavy atom. The van der Waals surface area contributed by atoms with Crippen molar-refractivity contribution < 1.29 is 14.4 Å². The van der Waals surface area contributed by atoms with Gasteiger partial charge in [0.05, 0.1) is 0 Å². The summed E-state index contributed by atoms with van der Waals surface area (Å²) in [4.78, 5) is 17.1. The van der Waals surface area contributed by atoms with Crippen molar-refractivity contribution in [1.29, 1.82) is 0 Å². The lowest BCUT2D eigenvalue weighted by Crippen LogP contribution is -1.98. The first-order valence-corrected chi connectivity index (χ1v) is 10.2. The van der Waals surface area contributed by atoms with Gasteiger partial charge in [0.2, 0.25) is 0 Å². The maximum absolute atomic E-state index is 10.5. The van der Waals surface area contributed by atoms with Crippen LogP contribution in [0.2, 0.25) is 0 Å². The van der Waals surface area contributed by atoms with Crippen molar-refractivity contribution >= 4 is 7.75 Å². The number of allylic oxidation sites excluding steroid dienone is 1. The molecular formula is C16H34NO3P. The normalized spacial score (nSPS) is 12.1. The van der Waals surface area contributed by atoms with E-state index in [1.165, 1.54) is 76.8 Å². The summed E-state index contributed by atoms with van der Waals surface area (Å²) >= 11 is 0. The summed E-state index contributed by atoms with van der Waals surface area (Å²) in [7, 11) is -4.09. The van der Waals surface area contributed by atoms with E-state index in [0.29, 0.717) is 0 Å². The fourth-order valence-electron chi connectivity index (χ4n) is 2.34. The van der Waals surface area contributed by atoms with Gasteiger partial charge < -0.3 is 14.9 Å². The van der Waals surface area contributed by atoms with E-state index in [9.17, 15) is 4.57 Å². The van der Waals surface area contributed by atoms with E-state index in [2.05, 4.69) is 12.0 Å². The average Bonchev–Trinajstić information content (AvgIpc) is 2.42. The second kappa shape index (κ2) is 14.6. The Morgan fingerprint density at radius 1 is 0.810 bits per heavy atom. The van der Waals surface area contributed by atoms with E-state index in [0.717, 1.165) is 12.8 Å². The molecule has 0 unspecified atom stereocenters. The van der Waals surface area contributed by atoms with Crippen molar-refractivity contribution in [2.75, 3.05) is 0 Å². The molecule has 0 aromatic rings. The van der Waals surface area contributed by atoms with Gasteiger partial charge in [-0.15, -0.1) is 0 Å². The summed E-state index contributed by atoms with van der Waals surface area (Å²) in [5, 5.41) is 2.05. The summed E-state index contributed by atoms with van der Waals surface area (Å²) < 4.78 is 10.5. The zero-order chi connectivity index (χ0) is 15.8. The molecule has 0 spiro atoms. The Hall–Kier alpha value is -0.310. The van der Waals surface area contributed by atoms with Gasteiger partial charge in [-0.25, -0.2) is 4.57 Å². The Labute approximate surface area is 130 Å². The Kier molecular flexibility index (Phi) is 14.4. The van der Waals surface area contributed by atoms with Gasteiger partial charge in [-0.3, -0.25) is 0 Å². The molecular weight excluding hydrogens is 285 g/mol. The molecule has 4 nitrogen and oxygen atoms in total. The highest BCUT2D eigenvalue weighted by Crippen LogP contribution is 2.27. The van der Waals surface area contributed by atoms with Crippen molar-refractivity contribution in [3.63, 3.8) is 0 Å². The highest BCUT2D eigenvalue weighted by Gasteiger charge is 2.06. The molecule has 0 heterocycles. The molecule has 0 bridgehead atoms. The molecule has 0 aliphatic heterocycles. The van der Waals surface area contributed by atoms with E-state index in [1.807, 2.05) is 0 Å². The van der Waals surface area contributed by atoms with E-state index in [4.69, 9.17) is 9.79 Å². The maximum atomic E-state index is 10.5. The Morgan fingerprint density at radius 3 is 1.67 bits per heavy atom. The lowest BCUT2D eigenvalue weighted by Gasteiger charge is -2.02. The Bertz CT molecular complexity index is 289. The predicted molar refractivity (Wildman–Crippen MR) is 90.0 cm³/mol. The minimum Gasteiger partial charge on any atom is -0.308 e. The zero-order valence-corrected chi connectivity index (χ0v) is 14.5. The summed E-state index contributed by atoms with van der Waals surface area (Å²) in [6.07, 6.45) is 20.0. The van der Waals surface area contributed by atoms with Crippen molar-refractivity contribution in [2.45, 2.75) is 90.4 Å². The molecule has 0 rings (SSSR count). The largest absolute Gasteiger partial charge is 0.427 e. The number of rotatable bonds is 15. The topological polar surface area (TPSA) is 69.6 Å². The van der Waals surface area contributed by atoms with Gasteiger partial charge in [-0.1, -0.05) is 83.6 Å². The van der Waals surface area contributed by atoms with Crippen molar-refractivity contribution in [3.05, 3.63) is 12.3 Å². The van der Waals surface area contributed by atoms with E-state index in [1.54, 1.807) is 6.08 Å². The minimum atomic E-state index is -4.09. The Balaban J connectivity index is 3.11. The van der Waals surface area contributed by atoms with E-state index < -0.39 is 7.75 Å². The lowest BCUT2D eigenvalue weighted by molar-refractivity contribution is 0.365.